The summed E-state index contributed by atoms with van der Waals surface area (Å²) >= 11 is 7.58. The van der Waals surface area contributed by atoms with Crippen molar-refractivity contribution >= 4 is 51.8 Å². The summed E-state index contributed by atoms with van der Waals surface area (Å²) in [6, 6.07) is 8.68. The predicted octanol–water partition coefficient (Wildman–Crippen LogP) is 5.86. The zero-order valence-corrected chi connectivity index (χ0v) is 26.8. The van der Waals surface area contributed by atoms with Crippen molar-refractivity contribution in [3.8, 4) is 17.2 Å². The van der Waals surface area contributed by atoms with Gasteiger partial charge < -0.3 is 30.2 Å². The van der Waals surface area contributed by atoms with Gasteiger partial charge in [0.2, 0.25) is 0 Å². The molecule has 1 heterocycles. The van der Waals surface area contributed by atoms with E-state index in [4.69, 9.17) is 17.0 Å². The molecule has 0 spiro atoms. The summed E-state index contributed by atoms with van der Waals surface area (Å²) in [5.41, 5.74) is 0.259. The lowest BCUT2D eigenvalue weighted by Crippen LogP contribution is -2.45. The Bertz CT molecular complexity index is 1300. The third-order valence-corrected chi connectivity index (χ3v) is 8.27. The quantitative estimate of drug-likeness (QED) is 0.119. The molecule has 0 unspecified atom stereocenters. The van der Waals surface area contributed by atoms with Crippen LogP contribution in [0.1, 0.15) is 36.0 Å². The number of benzene rings is 2. The number of thiocarbonyl (C=S) groups is 1. The van der Waals surface area contributed by atoms with Crippen molar-refractivity contribution in [3.63, 3.8) is 0 Å². The molecule has 1 saturated heterocycles. The molecule has 2 aromatic carbocycles. The van der Waals surface area contributed by atoms with Gasteiger partial charge in [0.05, 0.1) is 11.7 Å². The number of anilines is 1. The minimum absolute atomic E-state index is 0.0566. The van der Waals surface area contributed by atoms with Crippen LogP contribution in [0.3, 0.4) is 0 Å². The number of hydrogen-bond donors (Lipinski definition) is 3. The summed E-state index contributed by atoms with van der Waals surface area (Å²) in [5.74, 6) is -1.33. The van der Waals surface area contributed by atoms with Gasteiger partial charge in [0, 0.05) is 79.9 Å². The number of carbonyl (C=O) groups is 1. The van der Waals surface area contributed by atoms with Crippen LogP contribution in [0, 0.1) is 0 Å². The summed E-state index contributed by atoms with van der Waals surface area (Å²) < 4.78 is 92.4. The molecule has 45 heavy (non-hydrogen) atoms. The number of rotatable bonds is 10. The number of nitrogens with one attached hydrogen (secondary N) is 3. The zero-order valence-electron chi connectivity index (χ0n) is 23.8. The second kappa shape index (κ2) is 15.7. The van der Waals surface area contributed by atoms with E-state index in [9.17, 15) is 31.1 Å². The van der Waals surface area contributed by atoms with Crippen LogP contribution in [0.4, 0.5) is 32.0 Å². The van der Waals surface area contributed by atoms with Crippen LogP contribution >= 0.6 is 35.1 Å². The van der Waals surface area contributed by atoms with Crippen molar-refractivity contribution in [2.24, 2.45) is 0 Å². The van der Waals surface area contributed by atoms with Gasteiger partial charge in [-0.05, 0) is 68.2 Å². The number of alkyl halides is 6. The minimum Gasteiger partial charge on any atom is -0.490 e. The summed E-state index contributed by atoms with van der Waals surface area (Å²) in [6.45, 7) is 4.42. The first-order valence-corrected chi connectivity index (χ1v) is 15.5. The molecule has 17 heteroatoms. The van der Waals surface area contributed by atoms with Crippen molar-refractivity contribution in [2.75, 3.05) is 44.6 Å². The molecule has 2 fully saturated rings. The van der Waals surface area contributed by atoms with Crippen molar-refractivity contribution in [1.82, 2.24) is 18.6 Å². The lowest BCUT2D eigenvalue weighted by atomic mass is 9.93. The molecule has 2 aromatic rings. The Balaban J connectivity index is 1.30. The fourth-order valence-corrected chi connectivity index (χ4v) is 5.70. The average molecular weight is 776 g/mol. The summed E-state index contributed by atoms with van der Waals surface area (Å²) in [7, 11) is 0. The maximum absolute atomic E-state index is 13.1. The Labute approximate surface area is 275 Å². The van der Waals surface area contributed by atoms with E-state index in [2.05, 4.69) is 56.3 Å². The van der Waals surface area contributed by atoms with Crippen molar-refractivity contribution in [1.29, 1.82) is 0 Å². The van der Waals surface area contributed by atoms with Gasteiger partial charge in [0.1, 0.15) is 17.2 Å². The lowest BCUT2D eigenvalue weighted by molar-refractivity contribution is -0.275. The number of nitrogens with zero attached hydrogens (tertiary/aromatic N) is 2. The van der Waals surface area contributed by atoms with Gasteiger partial charge in [0.25, 0.3) is 5.91 Å². The van der Waals surface area contributed by atoms with Gasteiger partial charge in [-0.15, -0.1) is 26.3 Å². The first-order chi connectivity index (χ1) is 21.2. The topological polar surface area (TPSA) is 87.3 Å². The standard InChI is InChI=1S/C28H32F6IN5O4S/c29-27(30,31)43-21-3-1-2-19(16-21)38-26(45)37-18-4-6-20(7-5-18)42-24-9-8-22(44-28(32,33)34)17-23(24)25(41)36-10-11-39-12-14-40(35)15-13-39/h1-3,8-9,16-18,20H,4-7,10-15H2,(H,36,41)(H2,37,38,45). The van der Waals surface area contributed by atoms with Gasteiger partial charge in [-0.1, -0.05) is 6.07 Å². The molecule has 1 aliphatic carbocycles. The second-order valence-electron chi connectivity index (χ2n) is 10.5. The molecule has 2 aliphatic rings. The van der Waals surface area contributed by atoms with E-state index in [1.807, 2.05) is 0 Å². The van der Waals surface area contributed by atoms with Gasteiger partial charge >= 0.3 is 12.7 Å². The Morgan fingerprint density at radius 3 is 2.20 bits per heavy atom. The highest BCUT2D eigenvalue weighted by atomic mass is 127. The molecular formula is C28H32F6IN5O4S. The molecule has 1 amide bonds. The van der Waals surface area contributed by atoms with Gasteiger partial charge in [-0.3, -0.25) is 9.69 Å². The van der Waals surface area contributed by atoms with Crippen LogP contribution in [0.15, 0.2) is 42.5 Å². The van der Waals surface area contributed by atoms with E-state index in [1.54, 1.807) is 6.07 Å². The van der Waals surface area contributed by atoms with Gasteiger partial charge in [0.15, 0.2) is 5.11 Å². The van der Waals surface area contributed by atoms with Crippen LogP contribution in [0.25, 0.3) is 0 Å². The van der Waals surface area contributed by atoms with Crippen LogP contribution in [0.5, 0.6) is 17.2 Å². The minimum atomic E-state index is -4.92. The first kappa shape index (κ1) is 35.1. The van der Waals surface area contributed by atoms with E-state index in [1.165, 1.54) is 24.3 Å². The Hall–Kier alpha value is -2.77. The molecule has 9 nitrogen and oxygen atoms in total. The lowest BCUT2D eigenvalue weighted by Gasteiger charge is -2.31. The SMILES string of the molecule is O=C(NCCN1CCN(I)CC1)c1cc(OC(F)(F)F)ccc1OC1CCC(NC(=S)Nc2cccc(OC(F)(F)F)c2)CC1. The molecule has 0 aromatic heterocycles. The smallest absolute Gasteiger partial charge is 0.490 e. The Morgan fingerprint density at radius 2 is 1.56 bits per heavy atom. The highest BCUT2D eigenvalue weighted by molar-refractivity contribution is 14.1. The van der Waals surface area contributed by atoms with E-state index in [0.717, 1.165) is 38.3 Å². The molecule has 4 rings (SSSR count). The Morgan fingerprint density at radius 1 is 0.911 bits per heavy atom. The monoisotopic (exact) mass is 775 g/mol. The fraction of sp³-hybridized carbons (Fsp3) is 0.500. The van der Waals surface area contributed by atoms with Crippen LogP contribution < -0.4 is 30.2 Å². The number of halogens is 7. The second-order valence-corrected chi connectivity index (χ2v) is 12.3. The van der Waals surface area contributed by atoms with Crippen molar-refractivity contribution < 1.29 is 45.3 Å². The molecule has 0 atom stereocenters. The zero-order chi connectivity index (χ0) is 32.6. The molecule has 1 aliphatic heterocycles. The predicted molar refractivity (Wildman–Crippen MR) is 167 cm³/mol. The third-order valence-electron chi connectivity index (χ3n) is 7.09. The Kier molecular flexibility index (Phi) is 12.2. The highest BCUT2D eigenvalue weighted by Crippen LogP contribution is 2.32. The molecule has 3 N–H and O–H groups in total. The number of hydrogen-bond acceptors (Lipinski definition) is 7. The molecular weight excluding hydrogens is 743 g/mol. The largest absolute Gasteiger partial charge is 0.573 e. The van der Waals surface area contributed by atoms with E-state index in [-0.39, 0.29) is 34.3 Å². The maximum Gasteiger partial charge on any atom is 0.573 e. The fourth-order valence-electron chi connectivity index (χ4n) is 4.98. The average Bonchev–Trinajstić information content (AvgIpc) is 2.94. The summed E-state index contributed by atoms with van der Waals surface area (Å²) in [6.07, 6.45) is -7.70. The van der Waals surface area contributed by atoms with Crippen LogP contribution in [-0.4, -0.2) is 83.2 Å². The van der Waals surface area contributed by atoms with Crippen molar-refractivity contribution in [2.45, 2.75) is 50.6 Å². The maximum atomic E-state index is 13.1. The first-order valence-electron chi connectivity index (χ1n) is 14.1. The molecule has 0 bridgehead atoms. The van der Waals surface area contributed by atoms with E-state index >= 15 is 0 Å². The molecule has 0 radical (unpaired) electrons. The van der Waals surface area contributed by atoms with Crippen LogP contribution in [0.2, 0.25) is 0 Å². The molecule has 1 saturated carbocycles. The molecule has 248 valence electrons. The number of piperazine rings is 1. The summed E-state index contributed by atoms with van der Waals surface area (Å²) in [4.78, 5) is 15.3. The normalized spacial score (nSPS) is 19.8. The third kappa shape index (κ3) is 12.2. The summed E-state index contributed by atoms with van der Waals surface area (Å²) in [5, 5.41) is 8.99. The van der Waals surface area contributed by atoms with E-state index in [0.29, 0.717) is 44.5 Å². The van der Waals surface area contributed by atoms with Crippen molar-refractivity contribution in [3.05, 3.63) is 48.0 Å². The number of carbonyl (C=O) groups excluding carboxylic acids is 1. The van der Waals surface area contributed by atoms with Gasteiger partial charge in [-0.25, -0.2) is 3.11 Å². The van der Waals surface area contributed by atoms with E-state index < -0.39 is 24.4 Å². The highest BCUT2D eigenvalue weighted by Gasteiger charge is 2.33. The van der Waals surface area contributed by atoms with Crippen LogP contribution in [-0.2, 0) is 0 Å². The number of amides is 1. The van der Waals surface area contributed by atoms with Gasteiger partial charge in [-0.2, -0.15) is 0 Å². The number of ether oxygens (including phenoxy) is 3.